The van der Waals surface area contributed by atoms with E-state index < -0.39 is 0 Å². The molecule has 2 N–H and O–H groups in total. The molecule has 1 aromatic carbocycles. The maximum Gasteiger partial charge on any atom is 0.270 e. The van der Waals surface area contributed by atoms with Gasteiger partial charge in [0.05, 0.1) is 19.1 Å². The number of carbonyl (C=O) groups excluding carboxylic acids is 1. The van der Waals surface area contributed by atoms with Gasteiger partial charge in [-0.15, -0.1) is 0 Å². The summed E-state index contributed by atoms with van der Waals surface area (Å²) in [4.78, 5) is 37.7. The smallest absolute Gasteiger partial charge is 0.270 e. The van der Waals surface area contributed by atoms with Crippen LogP contribution in [0.15, 0.2) is 35.4 Å². The first-order valence-corrected chi connectivity index (χ1v) is 9.50. The number of para-hydroxylation sites is 2. The minimum atomic E-state index is -0.171. The van der Waals surface area contributed by atoms with E-state index >= 15 is 0 Å². The number of hydrogen-bond donors (Lipinski definition) is 2. The van der Waals surface area contributed by atoms with Crippen molar-refractivity contribution in [2.45, 2.75) is 12.8 Å². The first-order valence-electron chi connectivity index (χ1n) is 8.69. The highest BCUT2D eigenvalue weighted by molar-refractivity contribution is 7.22. The van der Waals surface area contributed by atoms with Gasteiger partial charge in [0.15, 0.2) is 10.8 Å². The van der Waals surface area contributed by atoms with Gasteiger partial charge in [0.25, 0.3) is 5.56 Å². The summed E-state index contributed by atoms with van der Waals surface area (Å²) < 4.78 is 5.81. The lowest BCUT2D eigenvalue weighted by molar-refractivity contribution is -0.120. The molecule has 2 aromatic heterocycles. The van der Waals surface area contributed by atoms with Gasteiger partial charge in [-0.25, -0.2) is 4.98 Å². The Kier molecular flexibility index (Phi) is 4.76. The second-order valence-corrected chi connectivity index (χ2v) is 7.31. The van der Waals surface area contributed by atoms with E-state index in [9.17, 15) is 9.59 Å². The Morgan fingerprint density at radius 2 is 2.11 bits per heavy atom. The number of aromatic nitrogens is 3. The van der Waals surface area contributed by atoms with Crippen LogP contribution in [0.2, 0.25) is 0 Å². The van der Waals surface area contributed by atoms with Gasteiger partial charge < -0.3 is 19.9 Å². The van der Waals surface area contributed by atoms with Crippen LogP contribution in [-0.4, -0.2) is 41.1 Å². The van der Waals surface area contributed by atoms with E-state index in [1.807, 2.05) is 24.3 Å². The van der Waals surface area contributed by atoms with Crippen LogP contribution in [0.3, 0.4) is 0 Å². The summed E-state index contributed by atoms with van der Waals surface area (Å²) >= 11 is 1.34. The molecular weight excluding hydrogens is 366 g/mol. The number of thiazole rings is 1. The van der Waals surface area contributed by atoms with Crippen molar-refractivity contribution < 1.29 is 9.53 Å². The molecule has 1 fully saturated rings. The summed E-state index contributed by atoms with van der Waals surface area (Å²) in [5, 5.41) is 3.74. The third-order valence-corrected chi connectivity index (χ3v) is 5.79. The molecule has 0 aliphatic carbocycles. The predicted octanol–water partition coefficient (Wildman–Crippen LogP) is 2.24. The second-order valence-electron chi connectivity index (χ2n) is 6.33. The summed E-state index contributed by atoms with van der Waals surface area (Å²) in [5.74, 6) is 0.583. The van der Waals surface area contributed by atoms with Crippen molar-refractivity contribution in [2.24, 2.45) is 5.92 Å². The Morgan fingerprint density at radius 1 is 1.33 bits per heavy atom. The molecule has 27 heavy (non-hydrogen) atoms. The number of H-pyrrole nitrogens is 1. The van der Waals surface area contributed by atoms with Gasteiger partial charge in [-0.3, -0.25) is 9.59 Å². The number of fused-ring (bicyclic) bond motifs is 1. The molecule has 4 rings (SSSR count). The molecule has 0 radical (unpaired) electrons. The van der Waals surface area contributed by atoms with Gasteiger partial charge >= 0.3 is 0 Å². The normalized spacial score (nSPS) is 15.1. The molecular formula is C18H19N5O3S. The fourth-order valence-electron chi connectivity index (χ4n) is 3.21. The van der Waals surface area contributed by atoms with Crippen molar-refractivity contribution in [2.75, 3.05) is 30.4 Å². The molecule has 1 amide bonds. The number of methoxy groups -OCH3 is 1. The van der Waals surface area contributed by atoms with Gasteiger partial charge in [-0.05, 0) is 25.0 Å². The molecule has 1 saturated heterocycles. The minimum Gasteiger partial charge on any atom is -0.495 e. The number of rotatable bonds is 4. The third-order valence-electron chi connectivity index (χ3n) is 4.69. The van der Waals surface area contributed by atoms with Crippen molar-refractivity contribution in [3.05, 3.63) is 40.9 Å². The number of benzene rings is 1. The van der Waals surface area contributed by atoms with E-state index in [0.29, 0.717) is 34.9 Å². The number of ether oxygens (including phenoxy) is 1. The summed E-state index contributed by atoms with van der Waals surface area (Å²) in [7, 11) is 1.58. The second kappa shape index (κ2) is 7.36. The molecule has 0 bridgehead atoms. The Hall–Kier alpha value is -2.94. The van der Waals surface area contributed by atoms with Gasteiger partial charge in [0.2, 0.25) is 5.91 Å². The number of piperidine rings is 1. The number of amides is 1. The highest BCUT2D eigenvalue weighted by Crippen LogP contribution is 2.30. The number of aromatic amines is 1. The fraction of sp³-hybridized carbons (Fsp3) is 0.333. The summed E-state index contributed by atoms with van der Waals surface area (Å²) in [6.07, 6.45) is 2.81. The summed E-state index contributed by atoms with van der Waals surface area (Å²) in [6.45, 7) is 1.42. The summed E-state index contributed by atoms with van der Waals surface area (Å²) in [6, 6.07) is 7.38. The first-order chi connectivity index (χ1) is 13.2. The van der Waals surface area contributed by atoms with E-state index in [1.54, 1.807) is 7.11 Å². The number of anilines is 2. The van der Waals surface area contributed by atoms with Gasteiger partial charge in [0.1, 0.15) is 10.4 Å². The molecule has 0 spiro atoms. The highest BCUT2D eigenvalue weighted by atomic mass is 32.1. The van der Waals surface area contributed by atoms with Crippen LogP contribution in [-0.2, 0) is 4.79 Å². The molecule has 1 aliphatic heterocycles. The lowest BCUT2D eigenvalue weighted by Gasteiger charge is -2.31. The van der Waals surface area contributed by atoms with Crippen molar-refractivity contribution >= 4 is 38.4 Å². The zero-order chi connectivity index (χ0) is 18.8. The highest BCUT2D eigenvalue weighted by Gasteiger charge is 2.27. The molecule has 3 heterocycles. The molecule has 3 aromatic rings. The van der Waals surface area contributed by atoms with E-state index in [4.69, 9.17) is 4.74 Å². The quantitative estimate of drug-likeness (QED) is 0.714. The van der Waals surface area contributed by atoms with Crippen LogP contribution in [0.4, 0.5) is 10.8 Å². The van der Waals surface area contributed by atoms with Gasteiger partial charge in [0, 0.05) is 19.0 Å². The predicted molar refractivity (Wildman–Crippen MR) is 105 cm³/mol. The lowest BCUT2D eigenvalue weighted by Crippen LogP contribution is -2.38. The van der Waals surface area contributed by atoms with Crippen molar-refractivity contribution in [1.82, 2.24) is 15.0 Å². The number of nitrogens with one attached hydrogen (secondary N) is 2. The average Bonchev–Trinajstić information content (AvgIpc) is 3.14. The van der Waals surface area contributed by atoms with Crippen molar-refractivity contribution in [3.63, 3.8) is 0 Å². The fourth-order valence-corrected chi connectivity index (χ4v) is 4.17. The zero-order valence-corrected chi connectivity index (χ0v) is 15.6. The molecule has 8 nitrogen and oxygen atoms in total. The standard InChI is InChI=1S/C18H19N5O3S/c1-26-13-5-3-2-4-12(13)21-16(24)11-6-8-23(9-7-11)18-22-15-14(27-18)17(25)20-10-19-15/h2-5,10-11H,6-9H2,1H3,(H,21,24)(H,19,20,25). The molecule has 140 valence electrons. The Morgan fingerprint density at radius 3 is 2.85 bits per heavy atom. The number of nitrogens with zero attached hydrogens (tertiary/aromatic N) is 3. The Labute approximate surface area is 159 Å². The Balaban J connectivity index is 1.41. The van der Waals surface area contributed by atoms with Crippen LogP contribution in [0.5, 0.6) is 5.75 Å². The minimum absolute atomic E-state index is 0.00145. The maximum absolute atomic E-state index is 12.6. The maximum atomic E-state index is 12.6. The first kappa shape index (κ1) is 17.5. The Bertz CT molecular complexity index is 1020. The van der Waals surface area contributed by atoms with Crippen LogP contribution in [0.1, 0.15) is 12.8 Å². The van der Waals surface area contributed by atoms with Gasteiger partial charge in [-0.2, -0.15) is 4.98 Å². The lowest BCUT2D eigenvalue weighted by atomic mass is 9.96. The third kappa shape index (κ3) is 3.50. The number of carbonyl (C=O) groups is 1. The molecule has 0 saturated carbocycles. The van der Waals surface area contributed by atoms with Gasteiger partial charge in [-0.1, -0.05) is 23.5 Å². The van der Waals surface area contributed by atoms with Crippen LogP contribution < -0.4 is 20.5 Å². The zero-order valence-electron chi connectivity index (χ0n) is 14.8. The topological polar surface area (TPSA) is 100 Å². The van der Waals surface area contributed by atoms with Crippen LogP contribution in [0.25, 0.3) is 10.3 Å². The molecule has 9 heteroatoms. The SMILES string of the molecule is COc1ccccc1NC(=O)C1CCN(c2nc3nc[nH]c(=O)c3s2)CC1. The van der Waals surface area contributed by atoms with Crippen molar-refractivity contribution in [3.8, 4) is 5.75 Å². The largest absolute Gasteiger partial charge is 0.495 e. The van der Waals surface area contributed by atoms with Crippen LogP contribution >= 0.6 is 11.3 Å². The van der Waals surface area contributed by atoms with E-state index in [2.05, 4.69) is 25.2 Å². The molecule has 0 unspecified atom stereocenters. The summed E-state index contributed by atoms with van der Waals surface area (Å²) in [5.41, 5.74) is 0.980. The van der Waals surface area contributed by atoms with Crippen molar-refractivity contribution in [1.29, 1.82) is 0 Å². The number of hydrogen-bond acceptors (Lipinski definition) is 7. The van der Waals surface area contributed by atoms with E-state index in [-0.39, 0.29) is 17.4 Å². The average molecular weight is 385 g/mol. The molecule has 0 atom stereocenters. The van der Waals surface area contributed by atoms with Crippen LogP contribution in [0, 0.1) is 5.92 Å². The van der Waals surface area contributed by atoms with E-state index in [1.165, 1.54) is 17.7 Å². The molecule has 1 aliphatic rings. The monoisotopic (exact) mass is 385 g/mol. The van der Waals surface area contributed by atoms with E-state index in [0.717, 1.165) is 18.0 Å².